The van der Waals surface area contributed by atoms with E-state index in [2.05, 4.69) is 26.2 Å². The Hall–Kier alpha value is -1.92. The molecule has 0 fully saturated rings. The van der Waals surface area contributed by atoms with E-state index in [1.807, 2.05) is 0 Å². The zero-order valence-corrected chi connectivity index (χ0v) is 13.8. The average Bonchev–Trinajstić information content (AvgIpc) is 2.49. The van der Waals surface area contributed by atoms with Crippen LogP contribution in [0.3, 0.4) is 0 Å². The lowest BCUT2D eigenvalue weighted by atomic mass is 10.1. The molecule has 0 saturated carbocycles. The highest BCUT2D eigenvalue weighted by atomic mass is 79.9. The summed E-state index contributed by atoms with van der Waals surface area (Å²) in [6.45, 7) is 0. The van der Waals surface area contributed by atoms with Crippen LogP contribution in [-0.4, -0.2) is 22.8 Å². The molecule has 0 aliphatic rings. The predicted molar refractivity (Wildman–Crippen MR) is 87.5 cm³/mol. The number of halogens is 2. The molecule has 5 nitrogen and oxygen atoms in total. The quantitative estimate of drug-likeness (QED) is 0.778. The summed E-state index contributed by atoms with van der Waals surface area (Å²) in [6.07, 6.45) is 1.86. The lowest BCUT2D eigenvalue weighted by Crippen LogP contribution is -2.46. The van der Waals surface area contributed by atoms with Crippen molar-refractivity contribution in [1.29, 1.82) is 0 Å². The van der Waals surface area contributed by atoms with Gasteiger partial charge >= 0.3 is 0 Å². The van der Waals surface area contributed by atoms with E-state index in [-0.39, 0.29) is 6.42 Å². The lowest BCUT2D eigenvalue weighted by Gasteiger charge is -2.16. The molecule has 0 unspecified atom stereocenters. The van der Waals surface area contributed by atoms with Crippen LogP contribution >= 0.6 is 27.5 Å². The highest BCUT2D eigenvalue weighted by molar-refractivity contribution is 9.10. The number of nitrogens with two attached hydrogens (primary N) is 1. The molecule has 22 heavy (non-hydrogen) atoms. The van der Waals surface area contributed by atoms with Gasteiger partial charge in [-0.25, -0.2) is 4.98 Å². The summed E-state index contributed by atoms with van der Waals surface area (Å²) < 4.78 is 0.605. The second-order valence-electron chi connectivity index (χ2n) is 4.57. The molecule has 0 bridgehead atoms. The summed E-state index contributed by atoms with van der Waals surface area (Å²) >= 11 is 9.27. The molecule has 1 aromatic heterocycles. The van der Waals surface area contributed by atoms with Gasteiger partial charge in [0, 0.05) is 12.6 Å². The van der Waals surface area contributed by atoms with Crippen LogP contribution in [0.25, 0.3) is 0 Å². The van der Waals surface area contributed by atoms with E-state index < -0.39 is 17.9 Å². The van der Waals surface area contributed by atoms with Crippen molar-refractivity contribution < 1.29 is 9.59 Å². The van der Waals surface area contributed by atoms with E-state index in [1.165, 1.54) is 0 Å². The number of aromatic nitrogens is 1. The molecule has 114 valence electrons. The second-order valence-corrected chi connectivity index (χ2v) is 5.72. The Morgan fingerprint density at radius 2 is 2.00 bits per heavy atom. The Bertz CT molecular complexity index is 709. The summed E-state index contributed by atoms with van der Waals surface area (Å²) in [4.78, 5) is 27.9. The van der Waals surface area contributed by atoms with E-state index in [9.17, 15) is 9.59 Å². The van der Waals surface area contributed by atoms with Crippen LogP contribution in [0, 0.1) is 0 Å². The first-order valence-electron chi connectivity index (χ1n) is 6.43. The molecule has 2 amide bonds. The third kappa shape index (κ3) is 4.05. The highest BCUT2D eigenvalue weighted by Crippen LogP contribution is 2.17. The second kappa shape index (κ2) is 7.38. The smallest absolute Gasteiger partial charge is 0.253 e. The van der Waals surface area contributed by atoms with Gasteiger partial charge in [0.05, 0.1) is 10.6 Å². The molecule has 0 radical (unpaired) electrons. The number of benzene rings is 1. The fourth-order valence-electron chi connectivity index (χ4n) is 1.90. The van der Waals surface area contributed by atoms with E-state index in [0.29, 0.717) is 15.2 Å². The van der Waals surface area contributed by atoms with Crippen molar-refractivity contribution >= 4 is 39.3 Å². The number of nitrogens with zero attached hydrogens (tertiary/aromatic N) is 1. The Balaban J connectivity index is 2.16. The molecule has 1 heterocycles. The molecule has 1 aromatic carbocycles. The van der Waals surface area contributed by atoms with Crippen molar-refractivity contribution in [2.45, 2.75) is 12.5 Å². The van der Waals surface area contributed by atoms with Gasteiger partial charge in [0.1, 0.15) is 10.6 Å². The zero-order chi connectivity index (χ0) is 16.1. The third-order valence-corrected chi connectivity index (χ3v) is 4.07. The molecule has 2 rings (SSSR count). The van der Waals surface area contributed by atoms with Gasteiger partial charge in [-0.15, -0.1) is 0 Å². The van der Waals surface area contributed by atoms with E-state index in [4.69, 9.17) is 17.3 Å². The van der Waals surface area contributed by atoms with E-state index >= 15 is 0 Å². The topological polar surface area (TPSA) is 85.1 Å². The summed E-state index contributed by atoms with van der Waals surface area (Å²) in [5.41, 5.74) is 6.44. The fraction of sp³-hybridized carbons (Fsp3) is 0.133. The van der Waals surface area contributed by atoms with E-state index in [1.54, 1.807) is 42.6 Å². The fourth-order valence-corrected chi connectivity index (χ4v) is 2.53. The number of hydrogen-bond acceptors (Lipinski definition) is 3. The number of hydrogen-bond donors (Lipinski definition) is 2. The molecule has 1 atom stereocenters. The number of pyridine rings is 1. The van der Waals surface area contributed by atoms with Crippen LogP contribution in [0.1, 0.15) is 15.9 Å². The van der Waals surface area contributed by atoms with Crippen molar-refractivity contribution in [1.82, 2.24) is 10.3 Å². The number of nitrogens with one attached hydrogen (secondary N) is 1. The normalized spacial score (nSPS) is 11.7. The van der Waals surface area contributed by atoms with E-state index in [0.717, 1.165) is 5.56 Å². The Kier molecular flexibility index (Phi) is 5.51. The van der Waals surface area contributed by atoms with Crippen LogP contribution in [0.5, 0.6) is 0 Å². The minimum absolute atomic E-state index is 0.236. The largest absolute Gasteiger partial charge is 0.368 e. The molecule has 0 aliphatic heterocycles. The summed E-state index contributed by atoms with van der Waals surface area (Å²) in [5.74, 6) is -1.08. The van der Waals surface area contributed by atoms with Gasteiger partial charge in [-0.1, -0.05) is 29.8 Å². The number of carbonyl (C=O) groups excluding carboxylic acids is 2. The first kappa shape index (κ1) is 16.5. The summed E-state index contributed by atoms with van der Waals surface area (Å²) in [6, 6.07) is 9.28. The summed E-state index contributed by atoms with van der Waals surface area (Å²) in [7, 11) is 0. The molecule has 2 aromatic rings. The Morgan fingerprint density at radius 3 is 2.64 bits per heavy atom. The maximum Gasteiger partial charge on any atom is 0.253 e. The molecular weight excluding hydrogens is 370 g/mol. The van der Waals surface area contributed by atoms with Crippen LogP contribution in [-0.2, 0) is 11.2 Å². The highest BCUT2D eigenvalue weighted by Gasteiger charge is 2.21. The van der Waals surface area contributed by atoms with Crippen molar-refractivity contribution in [3.05, 3.63) is 63.3 Å². The molecule has 0 saturated heterocycles. The first-order valence-corrected chi connectivity index (χ1v) is 7.60. The number of carbonyl (C=O) groups is 2. The maximum absolute atomic E-state index is 12.2. The number of amides is 2. The van der Waals surface area contributed by atoms with Gasteiger partial charge in [-0.2, -0.15) is 0 Å². The van der Waals surface area contributed by atoms with Gasteiger partial charge in [0.25, 0.3) is 5.91 Å². The van der Waals surface area contributed by atoms with Crippen LogP contribution in [0.2, 0.25) is 5.02 Å². The molecular formula is C15H13BrClN3O2. The first-order chi connectivity index (χ1) is 10.5. The SMILES string of the molecule is NC(=O)[C@@H](Cc1cccnc1Br)NC(=O)c1ccccc1Cl. The Morgan fingerprint density at radius 1 is 1.27 bits per heavy atom. The minimum Gasteiger partial charge on any atom is -0.368 e. The zero-order valence-electron chi connectivity index (χ0n) is 11.4. The molecule has 3 N–H and O–H groups in total. The monoisotopic (exact) mass is 381 g/mol. The third-order valence-electron chi connectivity index (χ3n) is 3.03. The van der Waals surface area contributed by atoms with Crippen LogP contribution in [0.4, 0.5) is 0 Å². The van der Waals surface area contributed by atoms with Gasteiger partial charge in [0.15, 0.2) is 0 Å². The minimum atomic E-state index is -0.857. The summed E-state index contributed by atoms with van der Waals surface area (Å²) in [5, 5.41) is 2.91. The van der Waals surface area contributed by atoms with Gasteiger partial charge in [-0.3, -0.25) is 9.59 Å². The predicted octanol–water partition coefficient (Wildman–Crippen LogP) is 2.32. The van der Waals surface area contributed by atoms with Crippen LogP contribution < -0.4 is 11.1 Å². The standard InChI is InChI=1S/C15H13BrClN3O2/c16-13-9(4-3-7-19-13)8-12(14(18)21)20-15(22)10-5-1-2-6-11(10)17/h1-7,12H,8H2,(H2,18,21)(H,20,22)/t12-/m1/s1. The van der Waals surface area contributed by atoms with Gasteiger partial charge in [-0.05, 0) is 39.7 Å². The van der Waals surface area contributed by atoms with Crippen molar-refractivity contribution in [2.24, 2.45) is 5.73 Å². The molecule has 0 spiro atoms. The number of rotatable bonds is 5. The van der Waals surface area contributed by atoms with Gasteiger partial charge < -0.3 is 11.1 Å². The van der Waals surface area contributed by atoms with Gasteiger partial charge in [0.2, 0.25) is 5.91 Å². The van der Waals surface area contributed by atoms with Crippen molar-refractivity contribution in [3.63, 3.8) is 0 Å². The van der Waals surface area contributed by atoms with Crippen molar-refractivity contribution in [3.8, 4) is 0 Å². The maximum atomic E-state index is 12.2. The number of primary amides is 1. The Labute approximate surface area is 141 Å². The van der Waals surface area contributed by atoms with Crippen LogP contribution in [0.15, 0.2) is 47.2 Å². The van der Waals surface area contributed by atoms with Crippen molar-refractivity contribution in [2.75, 3.05) is 0 Å². The average molecular weight is 383 g/mol. The lowest BCUT2D eigenvalue weighted by molar-refractivity contribution is -0.119. The molecule has 0 aliphatic carbocycles. The molecule has 7 heteroatoms.